The molecule has 6 heteroatoms. The maximum absolute atomic E-state index is 8.49. The highest BCUT2D eigenvalue weighted by Crippen LogP contribution is 2.16. The predicted octanol–water partition coefficient (Wildman–Crippen LogP) is 1.23. The SMILES string of the molecule is C=CCn1c(COC)nnc1SCC#N. The van der Waals surface area contributed by atoms with E-state index in [9.17, 15) is 0 Å². The Bertz CT molecular complexity index is 369. The number of methoxy groups -OCH3 is 1. The largest absolute Gasteiger partial charge is 0.377 e. The van der Waals surface area contributed by atoms with Gasteiger partial charge in [-0.3, -0.25) is 0 Å². The van der Waals surface area contributed by atoms with Gasteiger partial charge < -0.3 is 9.30 Å². The molecule has 0 unspecified atom stereocenters. The quantitative estimate of drug-likeness (QED) is 0.537. The first-order chi connectivity index (χ1) is 7.33. The van der Waals surface area contributed by atoms with Crippen LogP contribution in [-0.2, 0) is 17.9 Å². The fourth-order valence-corrected chi connectivity index (χ4v) is 1.70. The molecule has 0 atom stereocenters. The second-order valence-corrected chi connectivity index (χ2v) is 3.62. The molecule has 0 N–H and O–H groups in total. The normalized spacial score (nSPS) is 9.87. The van der Waals surface area contributed by atoms with E-state index in [0.29, 0.717) is 18.9 Å². The molecule has 0 aromatic carbocycles. The van der Waals surface area contributed by atoms with Gasteiger partial charge in [-0.2, -0.15) is 5.26 Å². The number of hydrogen-bond acceptors (Lipinski definition) is 5. The Morgan fingerprint density at radius 3 is 3.07 bits per heavy atom. The molecule has 15 heavy (non-hydrogen) atoms. The van der Waals surface area contributed by atoms with Crippen LogP contribution in [0, 0.1) is 11.3 Å². The Hall–Kier alpha value is -1.32. The number of nitriles is 1. The van der Waals surface area contributed by atoms with Crippen LogP contribution in [0.4, 0.5) is 0 Å². The van der Waals surface area contributed by atoms with Crippen LogP contribution in [0.3, 0.4) is 0 Å². The fraction of sp³-hybridized carbons (Fsp3) is 0.444. The van der Waals surface area contributed by atoms with Gasteiger partial charge in [0.15, 0.2) is 11.0 Å². The molecule has 0 spiro atoms. The Morgan fingerprint density at radius 2 is 2.47 bits per heavy atom. The van der Waals surface area contributed by atoms with Crippen LogP contribution in [0.25, 0.3) is 0 Å². The van der Waals surface area contributed by atoms with Crippen LogP contribution in [0.1, 0.15) is 5.82 Å². The third-order valence-corrected chi connectivity index (χ3v) is 2.48. The summed E-state index contributed by atoms with van der Waals surface area (Å²) in [5.74, 6) is 1.11. The molecule has 1 rings (SSSR count). The molecule has 0 amide bonds. The van der Waals surface area contributed by atoms with Crippen molar-refractivity contribution in [3.8, 4) is 6.07 Å². The van der Waals surface area contributed by atoms with Crippen molar-refractivity contribution in [2.75, 3.05) is 12.9 Å². The summed E-state index contributed by atoms with van der Waals surface area (Å²) in [7, 11) is 1.61. The lowest BCUT2D eigenvalue weighted by atomic mass is 10.5. The Kier molecular flexibility index (Phi) is 4.87. The average Bonchev–Trinajstić information content (AvgIpc) is 2.60. The number of ether oxygens (including phenoxy) is 1. The summed E-state index contributed by atoms with van der Waals surface area (Å²) >= 11 is 1.36. The van der Waals surface area contributed by atoms with E-state index in [-0.39, 0.29) is 0 Å². The van der Waals surface area contributed by atoms with Crippen molar-refractivity contribution in [1.29, 1.82) is 5.26 Å². The molecule has 1 aromatic heterocycles. The summed E-state index contributed by atoms with van der Waals surface area (Å²) < 4.78 is 6.89. The molecule has 0 aliphatic heterocycles. The highest BCUT2D eigenvalue weighted by atomic mass is 32.2. The minimum absolute atomic E-state index is 0.363. The predicted molar refractivity (Wildman–Crippen MR) is 57.3 cm³/mol. The first-order valence-corrected chi connectivity index (χ1v) is 5.33. The van der Waals surface area contributed by atoms with E-state index in [0.717, 1.165) is 11.0 Å². The number of aromatic nitrogens is 3. The Morgan fingerprint density at radius 1 is 1.67 bits per heavy atom. The number of nitrogens with zero attached hydrogens (tertiary/aromatic N) is 4. The highest BCUT2D eigenvalue weighted by molar-refractivity contribution is 7.99. The molecule has 0 saturated carbocycles. The summed E-state index contributed by atoms with van der Waals surface area (Å²) in [4.78, 5) is 0. The van der Waals surface area contributed by atoms with Gasteiger partial charge >= 0.3 is 0 Å². The summed E-state index contributed by atoms with van der Waals surface area (Å²) in [6.45, 7) is 4.70. The van der Waals surface area contributed by atoms with Gasteiger partial charge in [-0.05, 0) is 0 Å². The highest BCUT2D eigenvalue weighted by Gasteiger charge is 2.10. The third-order valence-electron chi connectivity index (χ3n) is 1.64. The topological polar surface area (TPSA) is 63.7 Å². The van der Waals surface area contributed by atoms with E-state index in [4.69, 9.17) is 10.00 Å². The molecule has 0 aliphatic carbocycles. The summed E-state index contributed by atoms with van der Waals surface area (Å²) in [5, 5.41) is 17.2. The van der Waals surface area contributed by atoms with Crippen LogP contribution in [0.2, 0.25) is 0 Å². The lowest BCUT2D eigenvalue weighted by Crippen LogP contribution is -2.04. The van der Waals surface area contributed by atoms with Gasteiger partial charge in [0.25, 0.3) is 0 Å². The first kappa shape index (κ1) is 11.8. The van der Waals surface area contributed by atoms with Gasteiger partial charge in [0.1, 0.15) is 6.61 Å². The molecule has 0 aliphatic rings. The van der Waals surface area contributed by atoms with Crippen LogP contribution >= 0.6 is 11.8 Å². The first-order valence-electron chi connectivity index (χ1n) is 4.35. The molecule has 1 aromatic rings. The molecule has 0 bridgehead atoms. The smallest absolute Gasteiger partial charge is 0.192 e. The Balaban J connectivity index is 2.85. The molecular weight excluding hydrogens is 212 g/mol. The van der Waals surface area contributed by atoms with Crippen LogP contribution in [-0.4, -0.2) is 27.6 Å². The zero-order valence-electron chi connectivity index (χ0n) is 8.51. The number of thioether (sulfide) groups is 1. The number of rotatable bonds is 6. The maximum atomic E-state index is 8.49. The number of allylic oxidation sites excluding steroid dienone is 1. The van der Waals surface area contributed by atoms with Crippen molar-refractivity contribution in [3.63, 3.8) is 0 Å². The second-order valence-electron chi connectivity index (χ2n) is 2.68. The van der Waals surface area contributed by atoms with Crippen LogP contribution in [0.15, 0.2) is 17.8 Å². The molecule has 0 radical (unpaired) electrons. The van der Waals surface area contributed by atoms with Crippen molar-refractivity contribution in [3.05, 3.63) is 18.5 Å². The van der Waals surface area contributed by atoms with Crippen molar-refractivity contribution < 1.29 is 4.74 Å². The summed E-state index contributed by atoms with van der Waals surface area (Å²) in [5.41, 5.74) is 0. The van der Waals surface area contributed by atoms with E-state index >= 15 is 0 Å². The lowest BCUT2D eigenvalue weighted by molar-refractivity contribution is 0.174. The van der Waals surface area contributed by atoms with E-state index in [1.165, 1.54) is 11.8 Å². The standard InChI is InChI=1S/C9H12N4OS/c1-3-5-13-8(7-14-2)11-12-9(13)15-6-4-10/h3H,1,5-7H2,2H3. The zero-order valence-corrected chi connectivity index (χ0v) is 9.33. The van der Waals surface area contributed by atoms with Gasteiger partial charge in [0, 0.05) is 13.7 Å². The van der Waals surface area contributed by atoms with E-state index in [2.05, 4.69) is 22.8 Å². The monoisotopic (exact) mass is 224 g/mol. The fourth-order valence-electron chi connectivity index (χ4n) is 1.07. The molecule has 0 saturated heterocycles. The van der Waals surface area contributed by atoms with E-state index in [1.54, 1.807) is 13.2 Å². The van der Waals surface area contributed by atoms with Gasteiger partial charge in [0.2, 0.25) is 0 Å². The average molecular weight is 224 g/mol. The minimum Gasteiger partial charge on any atom is -0.377 e. The zero-order chi connectivity index (χ0) is 11.1. The molecular formula is C9H12N4OS. The molecule has 1 heterocycles. The summed E-state index contributed by atoms with van der Waals surface area (Å²) in [6.07, 6.45) is 1.76. The number of hydrogen-bond donors (Lipinski definition) is 0. The van der Waals surface area contributed by atoms with Crippen molar-refractivity contribution in [1.82, 2.24) is 14.8 Å². The summed E-state index contributed by atoms with van der Waals surface area (Å²) in [6, 6.07) is 2.05. The molecule has 80 valence electrons. The minimum atomic E-state index is 0.363. The molecule has 0 fully saturated rings. The van der Waals surface area contributed by atoms with E-state index in [1.807, 2.05) is 4.57 Å². The third kappa shape index (κ3) is 3.08. The van der Waals surface area contributed by atoms with Gasteiger partial charge in [0.05, 0.1) is 11.8 Å². The van der Waals surface area contributed by atoms with Gasteiger partial charge in [-0.1, -0.05) is 17.8 Å². The second kappa shape index (κ2) is 6.22. The van der Waals surface area contributed by atoms with Crippen LogP contribution in [0.5, 0.6) is 0 Å². The van der Waals surface area contributed by atoms with Gasteiger partial charge in [-0.15, -0.1) is 16.8 Å². The van der Waals surface area contributed by atoms with Crippen molar-refractivity contribution in [2.24, 2.45) is 0 Å². The maximum Gasteiger partial charge on any atom is 0.192 e. The van der Waals surface area contributed by atoms with Crippen molar-refractivity contribution >= 4 is 11.8 Å². The van der Waals surface area contributed by atoms with Gasteiger partial charge in [-0.25, -0.2) is 0 Å². The van der Waals surface area contributed by atoms with E-state index < -0.39 is 0 Å². The molecule has 5 nitrogen and oxygen atoms in total. The van der Waals surface area contributed by atoms with Crippen LogP contribution < -0.4 is 0 Å². The van der Waals surface area contributed by atoms with Crippen molar-refractivity contribution in [2.45, 2.75) is 18.3 Å². The Labute approximate surface area is 92.8 Å². The lowest BCUT2D eigenvalue weighted by Gasteiger charge is -2.05.